The molecular formula is C24H23NO4S. The number of hydrogen-bond acceptors (Lipinski definition) is 5. The first-order valence-corrected chi connectivity index (χ1v) is 10.9. The molecule has 1 aliphatic rings. The van der Waals surface area contributed by atoms with Crippen LogP contribution in [0.2, 0.25) is 0 Å². The van der Waals surface area contributed by atoms with Gasteiger partial charge < -0.3 is 14.8 Å². The Labute approximate surface area is 179 Å². The van der Waals surface area contributed by atoms with Gasteiger partial charge in [0.25, 0.3) is 5.91 Å². The molecule has 0 spiro atoms. The van der Waals surface area contributed by atoms with Crippen molar-refractivity contribution in [2.75, 3.05) is 18.5 Å². The van der Waals surface area contributed by atoms with Crippen LogP contribution in [0, 0.1) is 0 Å². The molecule has 0 saturated carbocycles. The molecule has 2 heterocycles. The number of carbonyl (C=O) groups is 2. The molecule has 5 nitrogen and oxygen atoms in total. The van der Waals surface area contributed by atoms with Crippen molar-refractivity contribution in [3.8, 4) is 22.3 Å². The summed E-state index contributed by atoms with van der Waals surface area (Å²) in [6.45, 7) is 2.62. The normalized spacial score (nSPS) is 15.7. The number of anilines is 1. The van der Waals surface area contributed by atoms with E-state index in [9.17, 15) is 9.59 Å². The Kier molecular flexibility index (Phi) is 6.26. The monoisotopic (exact) mass is 421 g/mol. The van der Waals surface area contributed by atoms with Gasteiger partial charge in [-0.25, -0.2) is 4.79 Å². The van der Waals surface area contributed by atoms with E-state index in [1.54, 1.807) is 6.92 Å². The summed E-state index contributed by atoms with van der Waals surface area (Å²) in [6.07, 6.45) is 1.10. The first-order chi connectivity index (χ1) is 14.7. The van der Waals surface area contributed by atoms with Crippen LogP contribution in [0.4, 0.5) is 5.00 Å². The van der Waals surface area contributed by atoms with E-state index in [2.05, 4.69) is 17.4 Å². The van der Waals surface area contributed by atoms with Gasteiger partial charge in [0.1, 0.15) is 16.7 Å². The van der Waals surface area contributed by atoms with E-state index >= 15 is 0 Å². The zero-order chi connectivity index (χ0) is 20.9. The second-order valence-corrected chi connectivity index (χ2v) is 7.89. The Hall–Kier alpha value is -2.96. The second-order valence-electron chi connectivity index (χ2n) is 7.01. The van der Waals surface area contributed by atoms with Crippen LogP contribution in [0.3, 0.4) is 0 Å². The minimum Gasteiger partial charge on any atom is -0.462 e. The van der Waals surface area contributed by atoms with Crippen molar-refractivity contribution in [2.45, 2.75) is 25.9 Å². The summed E-state index contributed by atoms with van der Waals surface area (Å²) >= 11 is 1.32. The molecule has 1 N–H and O–H groups in total. The quantitative estimate of drug-likeness (QED) is 0.543. The number of carbonyl (C=O) groups excluding carboxylic acids is 2. The molecule has 30 heavy (non-hydrogen) atoms. The molecule has 1 aromatic heterocycles. The van der Waals surface area contributed by atoms with Crippen LogP contribution in [-0.2, 0) is 14.3 Å². The third-order valence-electron chi connectivity index (χ3n) is 5.03. The lowest BCUT2D eigenvalue weighted by Crippen LogP contribution is -2.27. The lowest BCUT2D eigenvalue weighted by Gasteiger charge is -2.12. The van der Waals surface area contributed by atoms with Gasteiger partial charge in [-0.1, -0.05) is 54.6 Å². The molecule has 1 atom stereocenters. The molecule has 6 heteroatoms. The number of hydrogen-bond donors (Lipinski definition) is 1. The number of benzene rings is 2. The Morgan fingerprint density at radius 3 is 2.43 bits per heavy atom. The first-order valence-electron chi connectivity index (χ1n) is 10.0. The SMILES string of the molecule is CCOC(=O)c1c(-c2ccc(-c3ccccc3)cc2)csc1NC(=O)C1CCCO1. The average Bonchev–Trinajstić information content (AvgIpc) is 3.45. The Balaban J connectivity index is 1.64. The van der Waals surface area contributed by atoms with Crippen LogP contribution >= 0.6 is 11.3 Å². The molecule has 0 radical (unpaired) electrons. The number of ether oxygens (including phenoxy) is 2. The van der Waals surface area contributed by atoms with Crippen molar-refractivity contribution in [2.24, 2.45) is 0 Å². The van der Waals surface area contributed by atoms with E-state index in [-0.39, 0.29) is 12.5 Å². The molecule has 2 aromatic carbocycles. The molecule has 0 bridgehead atoms. The molecule has 0 aliphatic carbocycles. The maximum Gasteiger partial charge on any atom is 0.341 e. The number of rotatable bonds is 6. The highest BCUT2D eigenvalue weighted by Crippen LogP contribution is 2.37. The smallest absolute Gasteiger partial charge is 0.341 e. The minimum atomic E-state index is -0.462. The van der Waals surface area contributed by atoms with E-state index in [4.69, 9.17) is 9.47 Å². The average molecular weight is 422 g/mol. The van der Waals surface area contributed by atoms with Crippen LogP contribution in [0.1, 0.15) is 30.1 Å². The topological polar surface area (TPSA) is 64.6 Å². The Bertz CT molecular complexity index is 1020. The largest absolute Gasteiger partial charge is 0.462 e. The first kappa shape index (κ1) is 20.3. The van der Waals surface area contributed by atoms with E-state index < -0.39 is 12.1 Å². The van der Waals surface area contributed by atoms with E-state index in [0.29, 0.717) is 23.6 Å². The molecule has 1 unspecified atom stereocenters. The highest BCUT2D eigenvalue weighted by molar-refractivity contribution is 7.15. The molecule has 1 amide bonds. The third kappa shape index (κ3) is 4.30. The number of nitrogens with one attached hydrogen (secondary N) is 1. The fourth-order valence-corrected chi connectivity index (χ4v) is 4.48. The summed E-state index contributed by atoms with van der Waals surface area (Å²) in [6, 6.07) is 18.1. The van der Waals surface area contributed by atoms with Crippen molar-refractivity contribution in [1.29, 1.82) is 0 Å². The van der Waals surface area contributed by atoms with E-state index in [1.807, 2.05) is 47.8 Å². The van der Waals surface area contributed by atoms with Gasteiger partial charge in [0, 0.05) is 17.6 Å². The van der Waals surface area contributed by atoms with Crippen molar-refractivity contribution < 1.29 is 19.1 Å². The van der Waals surface area contributed by atoms with Crippen LogP contribution in [-0.4, -0.2) is 31.2 Å². The molecule has 3 aromatic rings. The Morgan fingerprint density at radius 1 is 1.07 bits per heavy atom. The zero-order valence-electron chi connectivity index (χ0n) is 16.7. The van der Waals surface area contributed by atoms with Gasteiger partial charge in [-0.15, -0.1) is 11.3 Å². The van der Waals surface area contributed by atoms with Gasteiger partial charge in [0.2, 0.25) is 0 Å². The number of esters is 1. The molecule has 1 aliphatic heterocycles. The highest BCUT2D eigenvalue weighted by atomic mass is 32.1. The Morgan fingerprint density at radius 2 is 1.77 bits per heavy atom. The van der Waals surface area contributed by atoms with Crippen LogP contribution < -0.4 is 5.32 Å². The second kappa shape index (κ2) is 9.24. The van der Waals surface area contributed by atoms with E-state index in [1.165, 1.54) is 11.3 Å². The summed E-state index contributed by atoms with van der Waals surface area (Å²) in [7, 11) is 0. The van der Waals surface area contributed by atoms with Gasteiger partial charge in [0.15, 0.2) is 0 Å². The lowest BCUT2D eigenvalue weighted by molar-refractivity contribution is -0.124. The predicted octanol–water partition coefficient (Wildman–Crippen LogP) is 5.38. The van der Waals surface area contributed by atoms with Gasteiger partial charge in [-0.05, 0) is 36.5 Å². The van der Waals surface area contributed by atoms with Crippen molar-refractivity contribution in [3.05, 3.63) is 65.5 Å². The lowest BCUT2D eigenvalue weighted by atomic mass is 9.99. The molecule has 154 valence electrons. The van der Waals surface area contributed by atoms with E-state index in [0.717, 1.165) is 28.7 Å². The highest BCUT2D eigenvalue weighted by Gasteiger charge is 2.27. The molecule has 1 saturated heterocycles. The van der Waals surface area contributed by atoms with Gasteiger partial charge in [-0.2, -0.15) is 0 Å². The minimum absolute atomic E-state index is 0.217. The predicted molar refractivity (Wildman–Crippen MR) is 119 cm³/mol. The van der Waals surface area contributed by atoms with Crippen LogP contribution in [0.5, 0.6) is 0 Å². The van der Waals surface area contributed by atoms with Gasteiger partial charge >= 0.3 is 5.97 Å². The number of thiophene rings is 1. The fourth-order valence-electron chi connectivity index (χ4n) is 3.52. The van der Waals surface area contributed by atoms with Crippen molar-refractivity contribution in [1.82, 2.24) is 0 Å². The summed E-state index contributed by atoms with van der Waals surface area (Å²) in [4.78, 5) is 25.2. The zero-order valence-corrected chi connectivity index (χ0v) is 17.5. The van der Waals surface area contributed by atoms with Crippen LogP contribution in [0.15, 0.2) is 60.0 Å². The summed E-state index contributed by atoms with van der Waals surface area (Å²) in [5.41, 5.74) is 4.26. The molecule has 1 fully saturated rings. The van der Waals surface area contributed by atoms with Crippen molar-refractivity contribution >= 4 is 28.2 Å². The summed E-state index contributed by atoms with van der Waals surface area (Å²) in [5, 5.41) is 5.25. The van der Waals surface area contributed by atoms with Crippen LogP contribution in [0.25, 0.3) is 22.3 Å². The standard InChI is InChI=1S/C24H23NO4S/c1-2-28-24(27)21-19(15-30-23(21)25-22(26)20-9-6-14-29-20)18-12-10-17(11-13-18)16-7-4-3-5-8-16/h3-5,7-8,10-13,15,20H,2,6,9,14H2,1H3,(H,25,26). The van der Waals surface area contributed by atoms with Crippen molar-refractivity contribution in [3.63, 3.8) is 0 Å². The summed E-state index contributed by atoms with van der Waals surface area (Å²) < 4.78 is 10.7. The summed E-state index contributed by atoms with van der Waals surface area (Å²) in [5.74, 6) is -0.658. The van der Waals surface area contributed by atoms with Gasteiger partial charge in [-0.3, -0.25) is 4.79 Å². The number of amides is 1. The molecule has 4 rings (SSSR count). The fraction of sp³-hybridized carbons (Fsp3) is 0.250. The van der Waals surface area contributed by atoms with Gasteiger partial charge in [0.05, 0.1) is 6.61 Å². The maximum atomic E-state index is 12.7. The maximum absolute atomic E-state index is 12.7. The third-order valence-corrected chi connectivity index (χ3v) is 5.93. The molecular weight excluding hydrogens is 398 g/mol.